The molecule has 0 amide bonds. The molecule has 0 aromatic heterocycles. The maximum atomic E-state index is 12.3. The second kappa shape index (κ2) is 12.5. The van der Waals surface area contributed by atoms with Crippen LogP contribution in [0.3, 0.4) is 0 Å². The monoisotopic (exact) mass is 534 g/mol. The molecular formula is C16H9N4Na3O9S2. The summed E-state index contributed by atoms with van der Waals surface area (Å²) in [7, 11) is -10.3. The van der Waals surface area contributed by atoms with E-state index in [9.17, 15) is 41.2 Å². The van der Waals surface area contributed by atoms with Crippen LogP contribution in [0.4, 0.5) is 22.7 Å². The second-order valence-electron chi connectivity index (χ2n) is 6.04. The molecule has 13 nitrogen and oxygen atoms in total. The minimum absolute atomic E-state index is 0. The van der Waals surface area contributed by atoms with Gasteiger partial charge in [-0.05, 0) is 35.0 Å². The number of nitrogen functional groups attached to an aromatic ring is 1. The van der Waals surface area contributed by atoms with Crippen molar-refractivity contribution in [2.45, 2.75) is 9.79 Å². The van der Waals surface area contributed by atoms with E-state index in [1.165, 1.54) is 12.1 Å². The first-order chi connectivity index (χ1) is 14.3. The number of nitro groups is 1. The molecule has 0 aliphatic heterocycles. The van der Waals surface area contributed by atoms with Gasteiger partial charge in [0.1, 0.15) is 25.9 Å². The van der Waals surface area contributed by atoms with Crippen LogP contribution in [-0.2, 0) is 20.2 Å². The van der Waals surface area contributed by atoms with E-state index in [4.69, 9.17) is 5.73 Å². The Morgan fingerprint density at radius 2 is 1.41 bits per heavy atom. The van der Waals surface area contributed by atoms with Crippen LogP contribution in [0.5, 0.6) is 5.75 Å². The van der Waals surface area contributed by atoms with Crippen molar-refractivity contribution in [3.05, 3.63) is 52.6 Å². The van der Waals surface area contributed by atoms with Crippen molar-refractivity contribution in [2.24, 2.45) is 10.2 Å². The largest absolute Gasteiger partial charge is 1.00 e. The molecule has 0 aliphatic rings. The number of azo groups is 1. The number of nitrogens with two attached hydrogens (primary N) is 1. The summed E-state index contributed by atoms with van der Waals surface area (Å²) in [6, 6.07) is 6.45. The fourth-order valence-electron chi connectivity index (χ4n) is 2.66. The van der Waals surface area contributed by atoms with Gasteiger partial charge in [-0.25, -0.2) is 16.8 Å². The van der Waals surface area contributed by atoms with E-state index in [2.05, 4.69) is 10.2 Å². The zero-order chi connectivity index (χ0) is 23.1. The molecule has 3 rings (SSSR count). The maximum Gasteiger partial charge on any atom is 1.00 e. The van der Waals surface area contributed by atoms with Gasteiger partial charge >= 0.3 is 88.7 Å². The molecule has 162 valence electrons. The molecule has 0 saturated carbocycles. The maximum absolute atomic E-state index is 12.3. The molecule has 3 aromatic carbocycles. The molecule has 0 spiro atoms. The van der Waals surface area contributed by atoms with Gasteiger partial charge < -0.3 is 19.9 Å². The predicted octanol–water partition coefficient (Wildman–Crippen LogP) is -7.36. The Kier molecular flexibility index (Phi) is 12.3. The van der Waals surface area contributed by atoms with Crippen molar-refractivity contribution in [3.8, 4) is 5.75 Å². The zero-order valence-corrected chi connectivity index (χ0v) is 25.6. The van der Waals surface area contributed by atoms with Crippen LogP contribution in [0.2, 0.25) is 0 Å². The molecule has 34 heavy (non-hydrogen) atoms. The summed E-state index contributed by atoms with van der Waals surface area (Å²) in [6.45, 7) is 0. The predicted molar refractivity (Wildman–Crippen MR) is 101 cm³/mol. The Morgan fingerprint density at radius 1 is 0.853 bits per heavy atom. The van der Waals surface area contributed by atoms with Crippen LogP contribution in [-0.4, -0.2) is 30.9 Å². The van der Waals surface area contributed by atoms with E-state index in [0.29, 0.717) is 18.2 Å². The van der Waals surface area contributed by atoms with Gasteiger partial charge in [-0.3, -0.25) is 10.1 Å². The number of hydrogen-bond acceptors (Lipinski definition) is 12. The molecule has 0 radical (unpaired) electrons. The fourth-order valence-corrected chi connectivity index (χ4v) is 3.84. The molecule has 0 fully saturated rings. The molecule has 0 aliphatic carbocycles. The van der Waals surface area contributed by atoms with Crippen LogP contribution in [0.15, 0.2) is 62.5 Å². The van der Waals surface area contributed by atoms with Gasteiger partial charge in [0.05, 0.1) is 26.1 Å². The van der Waals surface area contributed by atoms with Gasteiger partial charge in [0.2, 0.25) is 0 Å². The molecule has 3 aromatic rings. The third kappa shape index (κ3) is 7.42. The quantitative estimate of drug-likeness (QED) is 0.0811. The standard InChI is InChI=1S/C16H12N4O9S2.3Na/c17-15-14-8(5-11(7-12(14)21)30(24,25)26)6-13(31(27,28)29)16(15)19-18-9-1-3-10(4-2-9)20(22)23;;;/h1-7,21H,17H2,(H,24,25,26)(H,27,28,29);;;/q;3*+1/p-3. The molecule has 18 heteroatoms. The summed E-state index contributed by atoms with van der Waals surface area (Å²) in [4.78, 5) is 8.08. The van der Waals surface area contributed by atoms with Gasteiger partial charge in [-0.15, -0.1) is 5.11 Å². The summed E-state index contributed by atoms with van der Waals surface area (Å²) >= 11 is 0. The van der Waals surface area contributed by atoms with Gasteiger partial charge in [0, 0.05) is 12.1 Å². The fraction of sp³-hybridized carbons (Fsp3) is 0. The number of fused-ring (bicyclic) bond motifs is 1. The Balaban J connectivity index is 0.00000363. The minimum atomic E-state index is -5.23. The van der Waals surface area contributed by atoms with Crippen LogP contribution < -0.4 is 99.5 Å². The van der Waals surface area contributed by atoms with Crippen LogP contribution in [0, 0.1) is 10.1 Å². The van der Waals surface area contributed by atoms with Crippen LogP contribution in [0.25, 0.3) is 10.8 Å². The van der Waals surface area contributed by atoms with E-state index < -0.39 is 52.1 Å². The molecule has 0 bridgehead atoms. The Hall–Kier alpha value is -0.660. The van der Waals surface area contributed by atoms with Crippen molar-refractivity contribution in [3.63, 3.8) is 0 Å². The summed E-state index contributed by atoms with van der Waals surface area (Å²) in [6.07, 6.45) is 0. The third-order valence-corrected chi connectivity index (χ3v) is 5.70. The van der Waals surface area contributed by atoms with Crippen molar-refractivity contribution in [2.75, 3.05) is 5.73 Å². The van der Waals surface area contributed by atoms with Gasteiger partial charge in [-0.1, -0.05) is 11.8 Å². The molecule has 0 atom stereocenters. The van der Waals surface area contributed by atoms with E-state index in [1.807, 2.05) is 0 Å². The third-order valence-electron chi connectivity index (χ3n) is 4.03. The summed E-state index contributed by atoms with van der Waals surface area (Å²) in [5.41, 5.74) is 4.35. The molecule has 0 unspecified atom stereocenters. The smallest absolute Gasteiger partial charge is 0.872 e. The van der Waals surface area contributed by atoms with E-state index in [1.54, 1.807) is 0 Å². The normalized spacial score (nSPS) is 11.4. The zero-order valence-electron chi connectivity index (χ0n) is 18.0. The first kappa shape index (κ1) is 33.3. The molecular weight excluding hydrogens is 525 g/mol. The molecule has 0 saturated heterocycles. The van der Waals surface area contributed by atoms with E-state index >= 15 is 0 Å². The van der Waals surface area contributed by atoms with E-state index in [-0.39, 0.29) is 111 Å². The van der Waals surface area contributed by atoms with Crippen molar-refractivity contribution >= 4 is 53.8 Å². The number of anilines is 1. The summed E-state index contributed by atoms with van der Waals surface area (Å²) in [5.74, 6) is -1.02. The summed E-state index contributed by atoms with van der Waals surface area (Å²) < 4.78 is 68.7. The Morgan fingerprint density at radius 3 is 1.88 bits per heavy atom. The summed E-state index contributed by atoms with van der Waals surface area (Å²) in [5, 5.41) is 29.5. The Labute approximate surface area is 259 Å². The van der Waals surface area contributed by atoms with Crippen molar-refractivity contribution in [1.82, 2.24) is 0 Å². The SMILES string of the molecule is Nc1c(N=Nc2ccc([N+](=O)[O-])cc2)c(S(=O)(=O)[O-])cc2cc(S(=O)(=O)[O-])cc([O-])c12.[Na+].[Na+].[Na+]. The number of hydrogen-bond donors (Lipinski definition) is 1. The average molecular weight is 534 g/mol. The Bertz CT molecular complexity index is 1480. The number of benzene rings is 3. The van der Waals surface area contributed by atoms with Gasteiger partial charge in [-0.2, -0.15) is 5.11 Å². The first-order valence-electron chi connectivity index (χ1n) is 7.94. The van der Waals surface area contributed by atoms with Crippen molar-refractivity contribution < 1.29 is 125 Å². The average Bonchev–Trinajstić information content (AvgIpc) is 2.65. The minimum Gasteiger partial charge on any atom is -0.872 e. The van der Waals surface area contributed by atoms with Crippen LogP contribution in [0.1, 0.15) is 0 Å². The van der Waals surface area contributed by atoms with Crippen LogP contribution >= 0.6 is 0 Å². The first-order valence-corrected chi connectivity index (χ1v) is 10.8. The van der Waals surface area contributed by atoms with E-state index in [0.717, 1.165) is 12.1 Å². The molecule has 2 N–H and O–H groups in total. The number of nitro benzene ring substituents is 1. The molecule has 0 heterocycles. The van der Waals surface area contributed by atoms with Gasteiger partial charge in [0.25, 0.3) is 5.69 Å². The van der Waals surface area contributed by atoms with Crippen molar-refractivity contribution in [1.29, 1.82) is 0 Å². The number of non-ortho nitro benzene ring substituents is 1. The van der Waals surface area contributed by atoms with Gasteiger partial charge in [0.15, 0.2) is 0 Å². The topological polar surface area (TPSA) is 231 Å². The second-order valence-corrected chi connectivity index (χ2v) is 8.77. The number of nitrogens with zero attached hydrogens (tertiary/aromatic N) is 3. The number of rotatable bonds is 5.